The number of aryl methyl sites for hydroxylation is 1. The molecule has 0 saturated heterocycles. The third-order valence-corrected chi connectivity index (χ3v) is 6.90. The first-order valence-electron chi connectivity index (χ1n) is 8.57. The van der Waals surface area contributed by atoms with Gasteiger partial charge in [0.15, 0.2) is 6.61 Å². The molecule has 0 aliphatic heterocycles. The standard InChI is InChI=1S/C21H17Br2NO4S/c1-15-7-10-18(11-8-15)29(26,27)24(17-5-3-2-4-6-17)21(25)14-28-20-12-9-16(22)13-19(20)23/h2-13H,14H2,1H3. The first-order chi connectivity index (χ1) is 13.8. The molecule has 0 atom stereocenters. The fourth-order valence-corrected chi connectivity index (χ4v) is 5.16. The van der Waals surface area contributed by atoms with Gasteiger partial charge >= 0.3 is 0 Å². The maximum Gasteiger partial charge on any atom is 0.278 e. The van der Waals surface area contributed by atoms with E-state index >= 15 is 0 Å². The zero-order chi connectivity index (χ0) is 21.0. The van der Waals surface area contributed by atoms with Gasteiger partial charge in [-0.3, -0.25) is 4.79 Å². The quantitative estimate of drug-likeness (QED) is 0.426. The van der Waals surface area contributed by atoms with E-state index in [0.717, 1.165) is 14.3 Å². The molecule has 29 heavy (non-hydrogen) atoms. The topological polar surface area (TPSA) is 63.7 Å². The Labute approximate surface area is 186 Å². The predicted molar refractivity (Wildman–Crippen MR) is 120 cm³/mol. The van der Waals surface area contributed by atoms with Crippen LogP contribution in [-0.4, -0.2) is 20.9 Å². The molecule has 0 heterocycles. The highest BCUT2D eigenvalue weighted by molar-refractivity contribution is 9.11. The van der Waals surface area contributed by atoms with Gasteiger partial charge in [-0.2, -0.15) is 4.31 Å². The summed E-state index contributed by atoms with van der Waals surface area (Å²) < 4.78 is 34.3. The van der Waals surface area contributed by atoms with E-state index in [2.05, 4.69) is 31.9 Å². The summed E-state index contributed by atoms with van der Waals surface area (Å²) in [6.45, 7) is 1.42. The fourth-order valence-electron chi connectivity index (χ4n) is 2.59. The largest absolute Gasteiger partial charge is 0.483 e. The highest BCUT2D eigenvalue weighted by atomic mass is 79.9. The van der Waals surface area contributed by atoms with Gasteiger partial charge in [0.2, 0.25) is 0 Å². The van der Waals surface area contributed by atoms with Crippen LogP contribution in [0, 0.1) is 6.92 Å². The summed E-state index contributed by atoms with van der Waals surface area (Å²) in [4.78, 5) is 13.0. The minimum absolute atomic E-state index is 0.0325. The van der Waals surface area contributed by atoms with Crippen LogP contribution in [-0.2, 0) is 14.8 Å². The Bertz CT molecular complexity index is 1120. The van der Waals surface area contributed by atoms with Gasteiger partial charge in [-0.05, 0) is 65.3 Å². The summed E-state index contributed by atoms with van der Waals surface area (Å²) in [6.07, 6.45) is 0. The molecule has 0 aromatic heterocycles. The number of para-hydroxylation sites is 1. The fraction of sp³-hybridized carbons (Fsp3) is 0.0952. The number of hydrogen-bond donors (Lipinski definition) is 0. The Morgan fingerprint density at radius 3 is 2.24 bits per heavy atom. The van der Waals surface area contributed by atoms with Crippen molar-refractivity contribution >= 4 is 53.5 Å². The van der Waals surface area contributed by atoms with E-state index in [1.165, 1.54) is 12.1 Å². The van der Waals surface area contributed by atoms with Crippen LogP contribution in [0.1, 0.15) is 5.56 Å². The van der Waals surface area contributed by atoms with Crippen molar-refractivity contribution in [2.45, 2.75) is 11.8 Å². The van der Waals surface area contributed by atoms with Crippen LogP contribution >= 0.6 is 31.9 Å². The highest BCUT2D eigenvalue weighted by Gasteiger charge is 2.31. The molecule has 3 aromatic rings. The summed E-state index contributed by atoms with van der Waals surface area (Å²) >= 11 is 6.71. The van der Waals surface area contributed by atoms with Crippen molar-refractivity contribution in [2.75, 3.05) is 10.9 Å². The van der Waals surface area contributed by atoms with E-state index in [1.54, 1.807) is 60.7 Å². The second-order valence-electron chi connectivity index (χ2n) is 6.18. The second-order valence-corrected chi connectivity index (χ2v) is 9.73. The third-order valence-electron chi connectivity index (χ3n) is 4.02. The average molecular weight is 539 g/mol. The van der Waals surface area contributed by atoms with Gasteiger partial charge in [0.1, 0.15) is 5.75 Å². The molecule has 0 spiro atoms. The molecule has 3 rings (SSSR count). The Morgan fingerprint density at radius 2 is 1.62 bits per heavy atom. The minimum Gasteiger partial charge on any atom is -0.483 e. The van der Waals surface area contributed by atoms with E-state index in [4.69, 9.17) is 4.74 Å². The molecule has 0 aliphatic rings. The van der Waals surface area contributed by atoms with Crippen molar-refractivity contribution in [1.29, 1.82) is 0 Å². The molecule has 0 bridgehead atoms. The second kappa shape index (κ2) is 9.11. The number of ether oxygens (including phenoxy) is 1. The Balaban J connectivity index is 1.93. The number of hydrogen-bond acceptors (Lipinski definition) is 4. The smallest absolute Gasteiger partial charge is 0.278 e. The van der Waals surface area contributed by atoms with Crippen LogP contribution in [0.2, 0.25) is 0 Å². The van der Waals surface area contributed by atoms with Crippen molar-refractivity contribution in [3.05, 3.63) is 87.3 Å². The lowest BCUT2D eigenvalue weighted by Crippen LogP contribution is -2.40. The van der Waals surface area contributed by atoms with Crippen molar-refractivity contribution < 1.29 is 17.9 Å². The van der Waals surface area contributed by atoms with E-state index in [-0.39, 0.29) is 10.6 Å². The molecule has 0 fully saturated rings. The van der Waals surface area contributed by atoms with Crippen LogP contribution in [0.3, 0.4) is 0 Å². The maximum absolute atomic E-state index is 13.2. The van der Waals surface area contributed by atoms with Crippen molar-refractivity contribution in [1.82, 2.24) is 0 Å². The molecule has 150 valence electrons. The highest BCUT2D eigenvalue weighted by Crippen LogP contribution is 2.29. The SMILES string of the molecule is Cc1ccc(S(=O)(=O)N(C(=O)COc2ccc(Br)cc2Br)c2ccccc2)cc1. The lowest BCUT2D eigenvalue weighted by molar-refractivity contribution is -0.119. The monoisotopic (exact) mass is 537 g/mol. The number of halogens is 2. The molecule has 5 nitrogen and oxygen atoms in total. The van der Waals surface area contributed by atoms with Gasteiger partial charge in [-0.1, -0.05) is 51.8 Å². The molecular formula is C21H17Br2NO4S. The molecule has 0 saturated carbocycles. The van der Waals surface area contributed by atoms with Crippen LogP contribution in [0.5, 0.6) is 5.75 Å². The molecule has 0 radical (unpaired) electrons. The molecular weight excluding hydrogens is 522 g/mol. The summed E-state index contributed by atoms with van der Waals surface area (Å²) in [5.41, 5.74) is 1.17. The summed E-state index contributed by atoms with van der Waals surface area (Å²) in [5.74, 6) is -0.270. The lowest BCUT2D eigenvalue weighted by Gasteiger charge is -2.23. The van der Waals surface area contributed by atoms with E-state index in [0.29, 0.717) is 10.2 Å². The zero-order valence-corrected chi connectivity index (χ0v) is 19.4. The first-order valence-corrected chi connectivity index (χ1v) is 11.6. The third kappa shape index (κ3) is 5.07. The van der Waals surface area contributed by atoms with Gasteiger partial charge in [0, 0.05) is 4.47 Å². The van der Waals surface area contributed by atoms with Crippen molar-refractivity contribution in [3.63, 3.8) is 0 Å². The molecule has 3 aromatic carbocycles. The number of rotatable bonds is 6. The van der Waals surface area contributed by atoms with Gasteiger partial charge < -0.3 is 4.74 Å². The van der Waals surface area contributed by atoms with Gasteiger partial charge in [-0.15, -0.1) is 0 Å². The number of benzene rings is 3. The van der Waals surface area contributed by atoms with E-state index in [9.17, 15) is 13.2 Å². The molecule has 0 unspecified atom stereocenters. The van der Waals surface area contributed by atoms with Gasteiger partial charge in [-0.25, -0.2) is 8.42 Å². The summed E-state index contributed by atoms with van der Waals surface area (Å²) in [6, 6.07) is 19.8. The molecule has 0 aliphatic carbocycles. The van der Waals surface area contributed by atoms with Crippen molar-refractivity contribution in [3.8, 4) is 5.75 Å². The number of amides is 1. The molecule has 1 amide bonds. The van der Waals surface area contributed by atoms with E-state index < -0.39 is 22.5 Å². The number of nitrogens with zero attached hydrogens (tertiary/aromatic N) is 1. The van der Waals surface area contributed by atoms with Crippen LogP contribution < -0.4 is 9.04 Å². The Kier molecular flexibility index (Phi) is 6.77. The normalized spacial score (nSPS) is 11.1. The summed E-state index contributed by atoms with van der Waals surface area (Å²) in [7, 11) is -4.11. The zero-order valence-electron chi connectivity index (χ0n) is 15.4. The first kappa shape index (κ1) is 21.5. The average Bonchev–Trinajstić information content (AvgIpc) is 2.68. The van der Waals surface area contributed by atoms with Crippen LogP contribution in [0.25, 0.3) is 0 Å². The predicted octanol–water partition coefficient (Wildman–Crippen LogP) is 5.32. The lowest BCUT2D eigenvalue weighted by atomic mass is 10.2. The number of carbonyl (C=O) groups excluding carboxylic acids is 1. The van der Waals surface area contributed by atoms with Crippen LogP contribution in [0.15, 0.2) is 86.6 Å². The number of anilines is 1. The Morgan fingerprint density at radius 1 is 0.966 bits per heavy atom. The summed E-state index contributed by atoms with van der Waals surface area (Å²) in [5, 5.41) is 0. The van der Waals surface area contributed by atoms with Gasteiger partial charge in [0.25, 0.3) is 15.9 Å². The maximum atomic E-state index is 13.2. The Hall–Kier alpha value is -2.16. The minimum atomic E-state index is -4.11. The molecule has 8 heteroatoms. The number of carbonyl (C=O) groups is 1. The van der Waals surface area contributed by atoms with E-state index in [1.807, 2.05) is 6.92 Å². The van der Waals surface area contributed by atoms with Crippen LogP contribution in [0.4, 0.5) is 5.69 Å². The van der Waals surface area contributed by atoms with Gasteiger partial charge in [0.05, 0.1) is 15.1 Å². The van der Waals surface area contributed by atoms with Crippen molar-refractivity contribution in [2.24, 2.45) is 0 Å². The molecule has 0 N–H and O–H groups in total. The number of sulfonamides is 1.